The number of hydrogen-bond acceptors (Lipinski definition) is 3. The van der Waals surface area contributed by atoms with Crippen LogP contribution >= 0.6 is 0 Å². The monoisotopic (exact) mass is 168 g/mol. The summed E-state index contributed by atoms with van der Waals surface area (Å²) in [5, 5.41) is 0. The molecule has 0 saturated carbocycles. The van der Waals surface area contributed by atoms with Gasteiger partial charge in [0.15, 0.2) is 0 Å². The van der Waals surface area contributed by atoms with Crippen LogP contribution in [0.1, 0.15) is 10.4 Å². The molecule has 1 rings (SSSR count). The number of carbonyl (C=O) groups is 1. The number of nitrogens with zero attached hydrogens (tertiary/aromatic N) is 1. The first kappa shape index (κ1) is 8.52. The minimum atomic E-state index is -0.349. The zero-order chi connectivity index (χ0) is 8.97. The van der Waals surface area contributed by atoms with Gasteiger partial charge in [-0.25, -0.2) is 4.79 Å². The van der Waals surface area contributed by atoms with Gasteiger partial charge in [0.25, 0.3) is 0 Å². The van der Waals surface area contributed by atoms with Crippen molar-refractivity contribution in [3.8, 4) is 0 Å². The summed E-state index contributed by atoms with van der Waals surface area (Å²) < 4.78 is 6.00. The molecule has 0 aliphatic carbocycles. The Hall–Kier alpha value is -1.58. The standard InChI is InChI=1S/C8H10NO3/c1-11-8(10)7-3-5-9(12-2)6-4-7/h3-6H,1-2H3/q+1. The second-order valence-corrected chi connectivity index (χ2v) is 2.12. The SMILES string of the molecule is COC(=O)c1cc[n+](OC)cc1. The van der Waals surface area contributed by atoms with Gasteiger partial charge in [0.1, 0.15) is 7.11 Å². The fourth-order valence-corrected chi connectivity index (χ4v) is 0.788. The molecule has 0 aliphatic heterocycles. The Morgan fingerprint density at radius 2 is 1.92 bits per heavy atom. The van der Waals surface area contributed by atoms with Crippen molar-refractivity contribution in [1.29, 1.82) is 0 Å². The molecule has 0 spiro atoms. The third kappa shape index (κ3) is 1.72. The molecular weight excluding hydrogens is 158 g/mol. The fourth-order valence-electron chi connectivity index (χ4n) is 0.788. The fraction of sp³-hybridized carbons (Fsp3) is 0.250. The third-order valence-electron chi connectivity index (χ3n) is 1.43. The van der Waals surface area contributed by atoms with Gasteiger partial charge in [-0.3, -0.25) is 4.84 Å². The van der Waals surface area contributed by atoms with E-state index in [4.69, 9.17) is 4.84 Å². The van der Waals surface area contributed by atoms with Gasteiger partial charge in [-0.15, -0.1) is 0 Å². The molecule has 1 aromatic heterocycles. The van der Waals surface area contributed by atoms with Crippen LogP contribution < -0.4 is 9.57 Å². The Balaban J connectivity index is 2.84. The van der Waals surface area contributed by atoms with Crippen LogP contribution in [0.3, 0.4) is 0 Å². The van der Waals surface area contributed by atoms with Gasteiger partial charge in [0.2, 0.25) is 12.4 Å². The lowest BCUT2D eigenvalue weighted by molar-refractivity contribution is -0.885. The number of ether oxygens (including phenoxy) is 1. The number of aromatic nitrogens is 1. The Morgan fingerprint density at radius 3 is 2.33 bits per heavy atom. The Morgan fingerprint density at radius 1 is 1.33 bits per heavy atom. The summed E-state index contributed by atoms with van der Waals surface area (Å²) in [5.74, 6) is -0.349. The first-order valence-corrected chi connectivity index (χ1v) is 3.42. The zero-order valence-electron chi connectivity index (χ0n) is 6.98. The lowest BCUT2D eigenvalue weighted by Crippen LogP contribution is -2.39. The van der Waals surface area contributed by atoms with Gasteiger partial charge < -0.3 is 4.74 Å². The van der Waals surface area contributed by atoms with E-state index in [1.165, 1.54) is 19.0 Å². The Bertz CT molecular complexity index is 268. The molecule has 4 heteroatoms. The molecule has 0 radical (unpaired) electrons. The molecule has 0 bridgehead atoms. The van der Waals surface area contributed by atoms with Gasteiger partial charge in [-0.1, -0.05) is 0 Å². The van der Waals surface area contributed by atoms with Crippen molar-refractivity contribution >= 4 is 5.97 Å². The minimum absolute atomic E-state index is 0.349. The van der Waals surface area contributed by atoms with Gasteiger partial charge in [-0.2, -0.15) is 0 Å². The molecule has 0 aliphatic rings. The normalized spacial score (nSPS) is 9.17. The lowest BCUT2D eigenvalue weighted by Gasteiger charge is -1.95. The highest BCUT2D eigenvalue weighted by Gasteiger charge is 2.07. The minimum Gasteiger partial charge on any atom is -0.465 e. The highest BCUT2D eigenvalue weighted by atomic mass is 16.6. The van der Waals surface area contributed by atoms with Crippen molar-refractivity contribution in [2.24, 2.45) is 0 Å². The number of hydrogen-bond donors (Lipinski definition) is 0. The van der Waals surface area contributed by atoms with Crippen LogP contribution in [-0.2, 0) is 4.74 Å². The predicted molar refractivity (Wildman–Crippen MR) is 40.5 cm³/mol. The summed E-state index contributed by atoms with van der Waals surface area (Å²) in [5.41, 5.74) is 0.505. The average molecular weight is 168 g/mol. The van der Waals surface area contributed by atoms with Crippen LogP contribution in [-0.4, -0.2) is 20.2 Å². The first-order valence-electron chi connectivity index (χ1n) is 3.42. The Kier molecular flexibility index (Phi) is 2.63. The first-order chi connectivity index (χ1) is 5.77. The maximum atomic E-state index is 10.9. The van der Waals surface area contributed by atoms with E-state index in [2.05, 4.69) is 4.74 Å². The van der Waals surface area contributed by atoms with E-state index in [0.29, 0.717) is 5.56 Å². The van der Waals surface area contributed by atoms with Crippen molar-refractivity contribution in [1.82, 2.24) is 0 Å². The highest BCUT2D eigenvalue weighted by Crippen LogP contribution is 1.96. The van der Waals surface area contributed by atoms with E-state index >= 15 is 0 Å². The Labute approximate surface area is 70.3 Å². The number of methoxy groups -OCH3 is 1. The predicted octanol–water partition coefficient (Wildman–Crippen LogP) is -0.181. The van der Waals surface area contributed by atoms with E-state index in [-0.39, 0.29) is 5.97 Å². The van der Waals surface area contributed by atoms with E-state index in [1.54, 1.807) is 24.5 Å². The third-order valence-corrected chi connectivity index (χ3v) is 1.43. The molecule has 0 atom stereocenters. The molecule has 0 N–H and O–H groups in total. The number of carbonyl (C=O) groups excluding carboxylic acids is 1. The topological polar surface area (TPSA) is 39.4 Å². The molecule has 64 valence electrons. The molecule has 4 nitrogen and oxygen atoms in total. The van der Waals surface area contributed by atoms with Crippen molar-refractivity contribution in [2.45, 2.75) is 0 Å². The van der Waals surface area contributed by atoms with Gasteiger partial charge in [0.05, 0.1) is 12.7 Å². The number of rotatable bonds is 2. The summed E-state index contributed by atoms with van der Waals surface area (Å²) in [6, 6.07) is 3.24. The van der Waals surface area contributed by atoms with E-state index in [0.717, 1.165) is 0 Å². The summed E-state index contributed by atoms with van der Waals surface area (Å²) in [4.78, 5) is 15.8. The molecule has 0 unspecified atom stereocenters. The number of pyridine rings is 1. The molecule has 1 aromatic rings. The van der Waals surface area contributed by atoms with E-state index < -0.39 is 0 Å². The molecule has 1 heterocycles. The summed E-state index contributed by atoms with van der Waals surface area (Å²) in [6.07, 6.45) is 3.26. The second-order valence-electron chi connectivity index (χ2n) is 2.12. The van der Waals surface area contributed by atoms with Crippen molar-refractivity contribution in [2.75, 3.05) is 14.2 Å². The van der Waals surface area contributed by atoms with Crippen LogP contribution in [0, 0.1) is 0 Å². The molecule has 0 aromatic carbocycles. The van der Waals surface area contributed by atoms with Gasteiger partial charge in [-0.05, 0) is 0 Å². The van der Waals surface area contributed by atoms with Crippen LogP contribution in [0.2, 0.25) is 0 Å². The van der Waals surface area contributed by atoms with Gasteiger partial charge >= 0.3 is 5.97 Å². The maximum absolute atomic E-state index is 10.9. The van der Waals surface area contributed by atoms with Crippen molar-refractivity contribution in [3.05, 3.63) is 30.1 Å². The summed E-state index contributed by atoms with van der Waals surface area (Å²) >= 11 is 0. The molecule has 0 fully saturated rings. The van der Waals surface area contributed by atoms with E-state index in [9.17, 15) is 4.79 Å². The highest BCUT2D eigenvalue weighted by molar-refractivity contribution is 5.88. The molecular formula is C8H10NO3+. The summed E-state index contributed by atoms with van der Waals surface area (Å²) in [7, 11) is 2.89. The van der Waals surface area contributed by atoms with Crippen LogP contribution in [0.5, 0.6) is 0 Å². The van der Waals surface area contributed by atoms with Gasteiger partial charge in [0, 0.05) is 16.9 Å². The van der Waals surface area contributed by atoms with Crippen LogP contribution in [0.15, 0.2) is 24.5 Å². The van der Waals surface area contributed by atoms with Crippen LogP contribution in [0.25, 0.3) is 0 Å². The molecule has 12 heavy (non-hydrogen) atoms. The largest absolute Gasteiger partial charge is 0.465 e. The maximum Gasteiger partial charge on any atom is 0.338 e. The van der Waals surface area contributed by atoms with E-state index in [1.807, 2.05) is 0 Å². The zero-order valence-corrected chi connectivity index (χ0v) is 6.98. The number of esters is 1. The van der Waals surface area contributed by atoms with Crippen LogP contribution in [0.4, 0.5) is 0 Å². The molecule has 0 saturated heterocycles. The van der Waals surface area contributed by atoms with Crippen molar-refractivity contribution in [3.63, 3.8) is 0 Å². The average Bonchev–Trinajstić information content (AvgIpc) is 2.17. The quantitative estimate of drug-likeness (QED) is 0.454. The second kappa shape index (κ2) is 3.71. The van der Waals surface area contributed by atoms with Crippen molar-refractivity contribution < 1.29 is 19.1 Å². The molecule has 0 amide bonds. The summed E-state index contributed by atoms with van der Waals surface area (Å²) in [6.45, 7) is 0. The smallest absolute Gasteiger partial charge is 0.338 e. The lowest BCUT2D eigenvalue weighted by atomic mass is 10.3.